The van der Waals surface area contributed by atoms with E-state index in [0.717, 1.165) is 24.5 Å². The van der Waals surface area contributed by atoms with Gasteiger partial charge in [0, 0.05) is 5.56 Å². The van der Waals surface area contributed by atoms with Crippen molar-refractivity contribution >= 4 is 5.84 Å². The Labute approximate surface area is 107 Å². The van der Waals surface area contributed by atoms with Crippen LogP contribution in [0.5, 0.6) is 5.75 Å². The summed E-state index contributed by atoms with van der Waals surface area (Å²) >= 11 is 0. The Bertz CT molecular complexity index is 432. The highest BCUT2D eigenvalue weighted by Gasteiger charge is 2.20. The van der Waals surface area contributed by atoms with Gasteiger partial charge in [-0.05, 0) is 37.3 Å². The van der Waals surface area contributed by atoms with Crippen LogP contribution in [0.4, 0.5) is 0 Å². The van der Waals surface area contributed by atoms with Crippen molar-refractivity contribution in [3.05, 3.63) is 29.8 Å². The molecule has 0 saturated heterocycles. The molecule has 2 unspecified atom stereocenters. The van der Waals surface area contributed by atoms with Crippen molar-refractivity contribution in [3.8, 4) is 5.75 Å². The van der Waals surface area contributed by atoms with Crippen LogP contribution in [-0.4, -0.2) is 17.1 Å². The number of benzene rings is 1. The third kappa shape index (κ3) is 3.15. The van der Waals surface area contributed by atoms with E-state index in [1.807, 2.05) is 18.2 Å². The maximum atomic E-state index is 8.66. The summed E-state index contributed by atoms with van der Waals surface area (Å²) in [5, 5.41) is 11.7. The molecule has 0 spiro atoms. The number of oxime groups is 1. The maximum absolute atomic E-state index is 8.66. The fourth-order valence-electron chi connectivity index (χ4n) is 2.46. The van der Waals surface area contributed by atoms with E-state index in [4.69, 9.17) is 15.7 Å². The summed E-state index contributed by atoms with van der Waals surface area (Å²) in [6.45, 7) is 2.27. The second kappa shape index (κ2) is 5.76. The fraction of sp³-hybridized carbons (Fsp3) is 0.500. The number of hydrogen-bond donors (Lipinski definition) is 2. The Balaban J connectivity index is 2.05. The van der Waals surface area contributed by atoms with Gasteiger partial charge in [-0.3, -0.25) is 0 Å². The second-order valence-electron chi connectivity index (χ2n) is 5.02. The van der Waals surface area contributed by atoms with Crippen LogP contribution in [0.25, 0.3) is 0 Å². The van der Waals surface area contributed by atoms with Crippen LogP contribution in [0, 0.1) is 5.92 Å². The first-order valence-corrected chi connectivity index (χ1v) is 6.43. The van der Waals surface area contributed by atoms with Gasteiger partial charge in [-0.2, -0.15) is 0 Å². The SMILES string of the molecule is CC1CCCC(Oc2cccc(C(N)=NO)c2)C1. The van der Waals surface area contributed by atoms with Crippen molar-refractivity contribution in [2.75, 3.05) is 0 Å². The van der Waals surface area contributed by atoms with E-state index < -0.39 is 0 Å². The lowest BCUT2D eigenvalue weighted by molar-refractivity contribution is 0.129. The smallest absolute Gasteiger partial charge is 0.170 e. The van der Waals surface area contributed by atoms with Crippen LogP contribution in [0.2, 0.25) is 0 Å². The molecule has 0 bridgehead atoms. The third-order valence-electron chi connectivity index (χ3n) is 3.43. The fourth-order valence-corrected chi connectivity index (χ4v) is 2.46. The summed E-state index contributed by atoms with van der Waals surface area (Å²) < 4.78 is 5.97. The van der Waals surface area contributed by atoms with Gasteiger partial charge >= 0.3 is 0 Å². The molecule has 1 aliphatic carbocycles. The van der Waals surface area contributed by atoms with E-state index in [9.17, 15) is 0 Å². The molecular weight excluding hydrogens is 228 g/mol. The number of nitrogens with zero attached hydrogens (tertiary/aromatic N) is 1. The largest absolute Gasteiger partial charge is 0.490 e. The molecule has 1 aliphatic rings. The molecule has 1 fully saturated rings. The predicted molar refractivity (Wildman–Crippen MR) is 71.0 cm³/mol. The molecule has 98 valence electrons. The van der Waals surface area contributed by atoms with Gasteiger partial charge in [-0.1, -0.05) is 30.6 Å². The van der Waals surface area contributed by atoms with Gasteiger partial charge in [0.25, 0.3) is 0 Å². The van der Waals surface area contributed by atoms with E-state index >= 15 is 0 Å². The van der Waals surface area contributed by atoms with E-state index in [2.05, 4.69) is 12.1 Å². The highest BCUT2D eigenvalue weighted by Crippen LogP contribution is 2.27. The topological polar surface area (TPSA) is 67.8 Å². The highest BCUT2D eigenvalue weighted by molar-refractivity contribution is 5.97. The van der Waals surface area contributed by atoms with Crippen molar-refractivity contribution in [1.82, 2.24) is 0 Å². The van der Waals surface area contributed by atoms with E-state index in [0.29, 0.717) is 5.56 Å². The molecule has 0 heterocycles. The molecule has 1 aromatic rings. The monoisotopic (exact) mass is 248 g/mol. The zero-order chi connectivity index (χ0) is 13.0. The van der Waals surface area contributed by atoms with Gasteiger partial charge < -0.3 is 15.7 Å². The van der Waals surface area contributed by atoms with Crippen molar-refractivity contribution in [1.29, 1.82) is 0 Å². The van der Waals surface area contributed by atoms with E-state index in [1.54, 1.807) is 6.07 Å². The summed E-state index contributed by atoms with van der Waals surface area (Å²) in [5.41, 5.74) is 6.24. The Morgan fingerprint density at radius 2 is 2.28 bits per heavy atom. The minimum absolute atomic E-state index is 0.109. The first-order valence-electron chi connectivity index (χ1n) is 6.43. The Hall–Kier alpha value is -1.71. The Morgan fingerprint density at radius 3 is 3.00 bits per heavy atom. The first-order chi connectivity index (χ1) is 8.69. The number of rotatable bonds is 3. The molecule has 4 heteroatoms. The minimum atomic E-state index is 0.109. The van der Waals surface area contributed by atoms with Crippen LogP contribution in [0.15, 0.2) is 29.4 Å². The normalized spacial score (nSPS) is 24.8. The second-order valence-corrected chi connectivity index (χ2v) is 5.02. The number of nitrogens with two attached hydrogens (primary N) is 1. The van der Waals surface area contributed by atoms with Crippen LogP contribution in [-0.2, 0) is 0 Å². The Kier molecular flexibility index (Phi) is 4.07. The molecule has 4 nitrogen and oxygen atoms in total. The molecule has 0 aliphatic heterocycles. The lowest BCUT2D eigenvalue weighted by Gasteiger charge is -2.27. The average molecular weight is 248 g/mol. The minimum Gasteiger partial charge on any atom is -0.490 e. The van der Waals surface area contributed by atoms with Gasteiger partial charge in [-0.25, -0.2) is 0 Å². The van der Waals surface area contributed by atoms with Gasteiger partial charge in [0.05, 0.1) is 6.10 Å². The lowest BCUT2D eigenvalue weighted by Crippen LogP contribution is -2.24. The molecule has 2 atom stereocenters. The molecule has 18 heavy (non-hydrogen) atoms. The summed E-state index contributed by atoms with van der Waals surface area (Å²) in [6, 6.07) is 7.38. The number of ether oxygens (including phenoxy) is 1. The van der Waals surface area contributed by atoms with E-state index in [-0.39, 0.29) is 11.9 Å². The summed E-state index contributed by atoms with van der Waals surface area (Å²) in [6.07, 6.45) is 5.03. The molecule has 0 amide bonds. The maximum Gasteiger partial charge on any atom is 0.170 e. The highest BCUT2D eigenvalue weighted by atomic mass is 16.5. The summed E-state index contributed by atoms with van der Waals surface area (Å²) in [5.74, 6) is 1.63. The molecule has 1 aromatic carbocycles. The van der Waals surface area contributed by atoms with Gasteiger partial charge in [0.2, 0.25) is 0 Å². The molecule has 0 radical (unpaired) electrons. The van der Waals surface area contributed by atoms with Crippen LogP contribution >= 0.6 is 0 Å². The molecule has 0 aromatic heterocycles. The van der Waals surface area contributed by atoms with Crippen LogP contribution < -0.4 is 10.5 Å². The average Bonchev–Trinajstić information content (AvgIpc) is 2.38. The van der Waals surface area contributed by atoms with Gasteiger partial charge in [0.1, 0.15) is 5.75 Å². The van der Waals surface area contributed by atoms with Crippen LogP contribution in [0.1, 0.15) is 38.2 Å². The van der Waals surface area contributed by atoms with Gasteiger partial charge in [-0.15, -0.1) is 0 Å². The Morgan fingerprint density at radius 1 is 1.44 bits per heavy atom. The zero-order valence-electron chi connectivity index (χ0n) is 10.7. The molecule has 3 N–H and O–H groups in total. The van der Waals surface area contributed by atoms with Gasteiger partial charge in [0.15, 0.2) is 5.84 Å². The lowest BCUT2D eigenvalue weighted by atomic mass is 9.89. The molecule has 2 rings (SSSR count). The van der Waals surface area contributed by atoms with E-state index in [1.165, 1.54) is 12.8 Å². The third-order valence-corrected chi connectivity index (χ3v) is 3.43. The van der Waals surface area contributed by atoms with Crippen molar-refractivity contribution in [2.45, 2.75) is 38.7 Å². The van der Waals surface area contributed by atoms with Crippen molar-refractivity contribution in [3.63, 3.8) is 0 Å². The van der Waals surface area contributed by atoms with Crippen LogP contribution in [0.3, 0.4) is 0 Å². The van der Waals surface area contributed by atoms with Crippen molar-refractivity contribution < 1.29 is 9.94 Å². The molecular formula is C14H20N2O2. The quantitative estimate of drug-likeness (QED) is 0.374. The predicted octanol–water partition coefficient (Wildman–Crippen LogP) is 2.74. The zero-order valence-corrected chi connectivity index (χ0v) is 10.7. The number of hydrogen-bond acceptors (Lipinski definition) is 3. The first kappa shape index (κ1) is 12.7. The molecule has 1 saturated carbocycles. The summed E-state index contributed by atoms with van der Waals surface area (Å²) in [7, 11) is 0. The van der Waals surface area contributed by atoms with Crippen molar-refractivity contribution in [2.24, 2.45) is 16.8 Å². The number of amidine groups is 1. The summed E-state index contributed by atoms with van der Waals surface area (Å²) in [4.78, 5) is 0. The standard InChI is InChI=1S/C14H20N2O2/c1-10-4-2-6-12(8-10)18-13-7-3-5-11(9-13)14(15)16-17/h3,5,7,9-10,12,17H,2,4,6,8H2,1H3,(H2,15,16).